The van der Waals surface area contributed by atoms with Gasteiger partial charge in [0.25, 0.3) is 0 Å². The van der Waals surface area contributed by atoms with Crippen molar-refractivity contribution < 1.29 is 19.7 Å². The number of carboxylic acids is 1. The Kier molecular flexibility index (Phi) is 4.67. The van der Waals surface area contributed by atoms with E-state index in [0.717, 1.165) is 0 Å². The van der Waals surface area contributed by atoms with E-state index in [2.05, 4.69) is 5.32 Å². The van der Waals surface area contributed by atoms with Crippen LogP contribution in [0, 0.1) is 0 Å². The van der Waals surface area contributed by atoms with Crippen LogP contribution in [0.15, 0.2) is 0 Å². The van der Waals surface area contributed by atoms with Crippen LogP contribution in [-0.4, -0.2) is 73.1 Å². The van der Waals surface area contributed by atoms with Crippen LogP contribution in [0.5, 0.6) is 0 Å². The number of carbonyl (C=O) groups is 1. The van der Waals surface area contributed by atoms with E-state index in [4.69, 9.17) is 9.84 Å². The largest absolute Gasteiger partial charge is 0.481 e. The van der Waals surface area contributed by atoms with Gasteiger partial charge in [-0.3, -0.25) is 9.69 Å². The van der Waals surface area contributed by atoms with Gasteiger partial charge in [0.15, 0.2) is 0 Å². The van der Waals surface area contributed by atoms with Gasteiger partial charge in [0.05, 0.1) is 24.7 Å². The molecule has 1 saturated heterocycles. The fraction of sp³-hybridized carbons (Fsp3) is 0.900. The molecule has 0 aromatic rings. The number of aliphatic carboxylic acids is 1. The molecule has 3 N–H and O–H groups in total. The van der Waals surface area contributed by atoms with E-state index < -0.39 is 12.1 Å². The molecule has 94 valence electrons. The third-order valence-corrected chi connectivity index (χ3v) is 3.04. The fourth-order valence-electron chi connectivity index (χ4n) is 1.98. The standard InChI is InChI=1S/C10H20N2O4/c1-12(4-8(13)5-16-2)10(3-9(14)15)6-11-7-10/h8,11,13H,3-7H2,1-2H3,(H,14,15). The number of carboxylic acid groups (broad SMARTS) is 1. The molecule has 1 aliphatic rings. The number of nitrogens with one attached hydrogen (secondary N) is 1. The number of hydrogen-bond acceptors (Lipinski definition) is 5. The molecule has 0 spiro atoms. The summed E-state index contributed by atoms with van der Waals surface area (Å²) in [5, 5.41) is 21.5. The molecule has 1 aliphatic heterocycles. The summed E-state index contributed by atoms with van der Waals surface area (Å²) in [4.78, 5) is 12.7. The van der Waals surface area contributed by atoms with Crippen molar-refractivity contribution in [3.8, 4) is 0 Å². The van der Waals surface area contributed by atoms with Crippen LogP contribution in [-0.2, 0) is 9.53 Å². The van der Waals surface area contributed by atoms with Crippen LogP contribution in [0.3, 0.4) is 0 Å². The SMILES string of the molecule is COCC(O)CN(C)C1(CC(=O)O)CNC1. The molecule has 6 heteroatoms. The molecule has 0 amide bonds. The van der Waals surface area contributed by atoms with Gasteiger partial charge in [-0.25, -0.2) is 0 Å². The van der Waals surface area contributed by atoms with Crippen molar-refractivity contribution in [2.75, 3.05) is 40.4 Å². The van der Waals surface area contributed by atoms with Gasteiger partial charge in [-0.05, 0) is 7.05 Å². The lowest BCUT2D eigenvalue weighted by Crippen LogP contribution is -2.69. The van der Waals surface area contributed by atoms with E-state index in [9.17, 15) is 9.90 Å². The molecular weight excluding hydrogens is 212 g/mol. The summed E-state index contributed by atoms with van der Waals surface area (Å²) in [6, 6.07) is 0. The second-order valence-electron chi connectivity index (χ2n) is 4.39. The molecule has 1 heterocycles. The molecule has 1 atom stereocenters. The molecule has 1 rings (SSSR count). The number of aliphatic hydroxyl groups is 1. The van der Waals surface area contributed by atoms with Crippen LogP contribution in [0.1, 0.15) is 6.42 Å². The highest BCUT2D eigenvalue weighted by Gasteiger charge is 2.42. The Morgan fingerprint density at radius 2 is 2.25 bits per heavy atom. The highest BCUT2D eigenvalue weighted by molar-refractivity contribution is 5.68. The van der Waals surface area contributed by atoms with Crippen molar-refractivity contribution in [3.63, 3.8) is 0 Å². The van der Waals surface area contributed by atoms with Crippen molar-refractivity contribution in [2.45, 2.75) is 18.1 Å². The van der Waals surface area contributed by atoms with Crippen molar-refractivity contribution in [1.82, 2.24) is 10.2 Å². The van der Waals surface area contributed by atoms with Crippen molar-refractivity contribution in [3.05, 3.63) is 0 Å². The van der Waals surface area contributed by atoms with Gasteiger partial charge < -0.3 is 20.3 Å². The molecule has 1 unspecified atom stereocenters. The molecule has 16 heavy (non-hydrogen) atoms. The molecule has 0 aromatic carbocycles. The lowest BCUT2D eigenvalue weighted by Gasteiger charge is -2.49. The molecule has 0 aromatic heterocycles. The van der Waals surface area contributed by atoms with E-state index in [1.165, 1.54) is 7.11 Å². The van der Waals surface area contributed by atoms with Gasteiger partial charge in [0, 0.05) is 26.7 Å². The number of likely N-dealkylation sites (N-methyl/N-ethyl adjacent to an activating group) is 1. The summed E-state index contributed by atoms with van der Waals surface area (Å²) < 4.78 is 4.84. The Morgan fingerprint density at radius 3 is 2.62 bits per heavy atom. The minimum atomic E-state index is -0.811. The number of β-amino-alcohol motifs (C(OH)–C–C–N with tert-alkyl or cyclic N) is 1. The number of methoxy groups -OCH3 is 1. The minimum Gasteiger partial charge on any atom is -0.481 e. The first-order valence-corrected chi connectivity index (χ1v) is 5.31. The second-order valence-corrected chi connectivity index (χ2v) is 4.39. The highest BCUT2D eigenvalue weighted by Crippen LogP contribution is 2.23. The molecule has 0 aliphatic carbocycles. The third kappa shape index (κ3) is 3.15. The highest BCUT2D eigenvalue weighted by atomic mass is 16.5. The number of hydrogen-bond donors (Lipinski definition) is 3. The summed E-state index contributed by atoms with van der Waals surface area (Å²) in [7, 11) is 3.36. The van der Waals surface area contributed by atoms with Crippen molar-refractivity contribution in [2.24, 2.45) is 0 Å². The summed E-state index contributed by atoms with van der Waals surface area (Å²) in [6.07, 6.45) is -0.489. The van der Waals surface area contributed by atoms with Crippen LogP contribution in [0.4, 0.5) is 0 Å². The fourth-order valence-corrected chi connectivity index (χ4v) is 1.98. The minimum absolute atomic E-state index is 0.0935. The van der Waals surface area contributed by atoms with E-state index >= 15 is 0 Å². The zero-order valence-electron chi connectivity index (χ0n) is 9.77. The van der Waals surface area contributed by atoms with Crippen LogP contribution in [0.25, 0.3) is 0 Å². The maximum absolute atomic E-state index is 10.8. The number of ether oxygens (including phenoxy) is 1. The van der Waals surface area contributed by atoms with Gasteiger partial charge in [0.2, 0.25) is 0 Å². The molecule has 0 radical (unpaired) electrons. The van der Waals surface area contributed by atoms with Gasteiger partial charge in [-0.2, -0.15) is 0 Å². The first-order chi connectivity index (χ1) is 7.50. The first kappa shape index (κ1) is 13.4. The zero-order valence-corrected chi connectivity index (χ0v) is 9.77. The summed E-state index contributed by atoms with van der Waals surface area (Å²) in [6.45, 7) is 1.98. The Hall–Kier alpha value is -0.690. The van der Waals surface area contributed by atoms with Crippen LogP contribution in [0.2, 0.25) is 0 Å². The lowest BCUT2D eigenvalue weighted by molar-refractivity contribution is -0.142. The quantitative estimate of drug-likeness (QED) is 0.508. The summed E-state index contributed by atoms with van der Waals surface area (Å²) >= 11 is 0. The first-order valence-electron chi connectivity index (χ1n) is 5.31. The van der Waals surface area contributed by atoms with E-state index in [1.54, 1.807) is 0 Å². The summed E-state index contributed by atoms with van der Waals surface area (Å²) in [5.74, 6) is -0.811. The number of rotatable bonds is 7. The maximum Gasteiger partial charge on any atom is 0.305 e. The Labute approximate surface area is 95.2 Å². The second kappa shape index (κ2) is 5.58. The van der Waals surface area contributed by atoms with E-state index in [-0.39, 0.29) is 18.6 Å². The van der Waals surface area contributed by atoms with Crippen molar-refractivity contribution in [1.29, 1.82) is 0 Å². The Balaban J connectivity index is 2.49. The molecule has 6 nitrogen and oxygen atoms in total. The molecule has 0 saturated carbocycles. The van der Waals surface area contributed by atoms with E-state index in [0.29, 0.717) is 19.6 Å². The maximum atomic E-state index is 10.8. The topological polar surface area (TPSA) is 82.0 Å². The number of nitrogens with zero attached hydrogens (tertiary/aromatic N) is 1. The summed E-state index contributed by atoms with van der Waals surface area (Å²) in [5.41, 5.74) is -0.361. The molecular formula is C10H20N2O4. The monoisotopic (exact) mass is 232 g/mol. The van der Waals surface area contributed by atoms with E-state index in [1.807, 2.05) is 11.9 Å². The smallest absolute Gasteiger partial charge is 0.305 e. The molecule has 0 bridgehead atoms. The molecule has 1 fully saturated rings. The lowest BCUT2D eigenvalue weighted by atomic mass is 9.86. The van der Waals surface area contributed by atoms with Crippen LogP contribution >= 0.6 is 0 Å². The third-order valence-electron chi connectivity index (χ3n) is 3.04. The van der Waals surface area contributed by atoms with Crippen molar-refractivity contribution >= 4 is 5.97 Å². The van der Waals surface area contributed by atoms with Gasteiger partial charge >= 0.3 is 5.97 Å². The zero-order chi connectivity index (χ0) is 12.2. The Morgan fingerprint density at radius 1 is 1.62 bits per heavy atom. The van der Waals surface area contributed by atoms with Gasteiger partial charge in [-0.1, -0.05) is 0 Å². The normalized spacial score (nSPS) is 20.5. The van der Waals surface area contributed by atoms with Gasteiger partial charge in [-0.15, -0.1) is 0 Å². The van der Waals surface area contributed by atoms with Gasteiger partial charge in [0.1, 0.15) is 0 Å². The predicted octanol–water partition coefficient (Wildman–Crippen LogP) is -1.26. The van der Waals surface area contributed by atoms with Crippen LogP contribution < -0.4 is 5.32 Å². The Bertz CT molecular complexity index is 243. The predicted molar refractivity (Wildman–Crippen MR) is 58.4 cm³/mol. The average molecular weight is 232 g/mol. The average Bonchev–Trinajstić information content (AvgIpc) is 2.11. The number of aliphatic hydroxyl groups excluding tert-OH is 1.